The summed E-state index contributed by atoms with van der Waals surface area (Å²) in [4.78, 5) is 0. The van der Waals surface area contributed by atoms with Gasteiger partial charge in [-0.25, -0.2) is 0 Å². The molecule has 0 nitrogen and oxygen atoms in total. The van der Waals surface area contributed by atoms with Crippen molar-refractivity contribution in [1.82, 2.24) is 0 Å². The quantitative estimate of drug-likeness (QED) is 0.476. The van der Waals surface area contributed by atoms with E-state index >= 15 is 0 Å². The van der Waals surface area contributed by atoms with Crippen LogP contribution >= 0.6 is 0 Å². The maximum atomic E-state index is 4.19. The van der Waals surface area contributed by atoms with Gasteiger partial charge in [0.1, 0.15) is 0 Å². The molecule has 2 unspecified atom stereocenters. The average molecular weight is 162 g/mol. The number of rotatable bonds is 0. The molecule has 0 aromatic rings. The Balaban J connectivity index is 2.01. The fraction of sp³-hybridized carbons (Fsp3) is 0.667. The summed E-state index contributed by atoms with van der Waals surface area (Å²) in [5, 5.41) is 0. The summed E-state index contributed by atoms with van der Waals surface area (Å²) in [6, 6.07) is 0. The third kappa shape index (κ3) is 1.48. The van der Waals surface area contributed by atoms with E-state index in [-0.39, 0.29) is 0 Å². The first-order valence-electron chi connectivity index (χ1n) is 5.20. The molecule has 0 heteroatoms. The van der Waals surface area contributed by atoms with Gasteiger partial charge in [-0.2, -0.15) is 0 Å². The molecule has 0 heterocycles. The van der Waals surface area contributed by atoms with Crippen LogP contribution in [0.1, 0.15) is 38.5 Å². The molecule has 0 spiro atoms. The molecule has 0 N–H and O–H groups in total. The van der Waals surface area contributed by atoms with Crippen LogP contribution in [-0.4, -0.2) is 0 Å². The third-order valence-electron chi connectivity index (χ3n) is 3.43. The van der Waals surface area contributed by atoms with E-state index in [4.69, 9.17) is 0 Å². The minimum absolute atomic E-state index is 0.882. The van der Waals surface area contributed by atoms with Gasteiger partial charge in [0.2, 0.25) is 0 Å². The highest BCUT2D eigenvalue weighted by Crippen LogP contribution is 2.43. The smallest absolute Gasteiger partial charge is 0.0139 e. The van der Waals surface area contributed by atoms with Gasteiger partial charge in [0.25, 0.3) is 0 Å². The maximum absolute atomic E-state index is 4.19. The SMILES string of the molecule is C=C1CC=CCCCC2CCC12. The summed E-state index contributed by atoms with van der Waals surface area (Å²) >= 11 is 0. The molecule has 1 fully saturated rings. The Bertz CT molecular complexity index is 200. The first kappa shape index (κ1) is 8.10. The maximum Gasteiger partial charge on any atom is -0.0139 e. The monoisotopic (exact) mass is 162 g/mol. The lowest BCUT2D eigenvalue weighted by Gasteiger charge is -2.37. The Kier molecular flexibility index (Phi) is 2.34. The molecular weight excluding hydrogens is 144 g/mol. The summed E-state index contributed by atoms with van der Waals surface area (Å²) in [5.74, 6) is 1.88. The van der Waals surface area contributed by atoms with Crippen LogP contribution in [0.25, 0.3) is 0 Å². The van der Waals surface area contributed by atoms with Gasteiger partial charge < -0.3 is 0 Å². The van der Waals surface area contributed by atoms with Crippen LogP contribution in [-0.2, 0) is 0 Å². The second kappa shape index (κ2) is 3.47. The molecule has 0 bridgehead atoms. The number of hydrogen-bond donors (Lipinski definition) is 0. The first-order valence-corrected chi connectivity index (χ1v) is 5.20. The highest BCUT2D eigenvalue weighted by molar-refractivity contribution is 5.12. The van der Waals surface area contributed by atoms with Gasteiger partial charge in [-0.05, 0) is 50.4 Å². The molecule has 12 heavy (non-hydrogen) atoms. The molecule has 2 aliphatic rings. The average Bonchev–Trinajstić information content (AvgIpc) is 2.03. The molecular formula is C12H18. The lowest BCUT2D eigenvalue weighted by molar-refractivity contribution is 0.196. The zero-order chi connectivity index (χ0) is 8.39. The normalized spacial score (nSPS) is 35.8. The van der Waals surface area contributed by atoms with Gasteiger partial charge >= 0.3 is 0 Å². The minimum atomic E-state index is 0.882. The molecule has 66 valence electrons. The summed E-state index contributed by atoms with van der Waals surface area (Å²) in [5.41, 5.74) is 1.49. The van der Waals surface area contributed by atoms with E-state index in [0.717, 1.165) is 18.3 Å². The zero-order valence-corrected chi connectivity index (χ0v) is 7.76. The van der Waals surface area contributed by atoms with Crippen molar-refractivity contribution in [3.05, 3.63) is 24.3 Å². The topological polar surface area (TPSA) is 0 Å². The van der Waals surface area contributed by atoms with E-state index in [0.29, 0.717) is 0 Å². The Labute approximate surface area is 75.4 Å². The van der Waals surface area contributed by atoms with Crippen LogP contribution in [0.2, 0.25) is 0 Å². The molecule has 0 saturated heterocycles. The summed E-state index contributed by atoms with van der Waals surface area (Å²) in [7, 11) is 0. The van der Waals surface area contributed by atoms with Crippen molar-refractivity contribution < 1.29 is 0 Å². The minimum Gasteiger partial charge on any atom is -0.0993 e. The van der Waals surface area contributed by atoms with Crippen molar-refractivity contribution in [2.24, 2.45) is 11.8 Å². The van der Waals surface area contributed by atoms with Crippen LogP contribution in [0.4, 0.5) is 0 Å². The second-order valence-electron chi connectivity index (χ2n) is 4.21. The number of hydrogen-bond acceptors (Lipinski definition) is 0. The predicted molar refractivity (Wildman–Crippen MR) is 53.0 cm³/mol. The van der Waals surface area contributed by atoms with Crippen molar-refractivity contribution in [3.63, 3.8) is 0 Å². The van der Waals surface area contributed by atoms with E-state index < -0.39 is 0 Å². The van der Waals surface area contributed by atoms with Crippen LogP contribution in [0, 0.1) is 11.8 Å². The standard InChI is InChI=1S/C12H18/c1-10-6-4-2-3-5-7-11-8-9-12(10)11/h2,4,11-12H,1,3,5-9H2. The van der Waals surface area contributed by atoms with Crippen molar-refractivity contribution in [3.8, 4) is 0 Å². The highest BCUT2D eigenvalue weighted by atomic mass is 14.4. The molecule has 0 aromatic carbocycles. The number of fused-ring (bicyclic) bond motifs is 1. The molecule has 2 atom stereocenters. The van der Waals surface area contributed by atoms with Crippen molar-refractivity contribution in [2.75, 3.05) is 0 Å². The van der Waals surface area contributed by atoms with E-state index in [1.165, 1.54) is 37.7 Å². The van der Waals surface area contributed by atoms with Crippen LogP contribution < -0.4 is 0 Å². The predicted octanol–water partition coefficient (Wildman–Crippen LogP) is 3.70. The van der Waals surface area contributed by atoms with Crippen molar-refractivity contribution in [1.29, 1.82) is 0 Å². The Morgan fingerprint density at radius 3 is 2.83 bits per heavy atom. The van der Waals surface area contributed by atoms with Gasteiger partial charge in [0, 0.05) is 0 Å². The van der Waals surface area contributed by atoms with Gasteiger partial charge in [0.05, 0.1) is 0 Å². The van der Waals surface area contributed by atoms with Crippen molar-refractivity contribution >= 4 is 0 Å². The van der Waals surface area contributed by atoms with E-state index in [1.54, 1.807) is 0 Å². The Hall–Kier alpha value is -0.520. The molecule has 1 saturated carbocycles. The molecule has 2 aliphatic carbocycles. The largest absolute Gasteiger partial charge is 0.0993 e. The number of allylic oxidation sites excluding steroid dienone is 3. The van der Waals surface area contributed by atoms with Gasteiger partial charge in [-0.1, -0.05) is 24.3 Å². The first-order chi connectivity index (χ1) is 5.88. The zero-order valence-electron chi connectivity index (χ0n) is 7.76. The molecule has 0 amide bonds. The van der Waals surface area contributed by atoms with Gasteiger partial charge in [0.15, 0.2) is 0 Å². The van der Waals surface area contributed by atoms with E-state index in [2.05, 4.69) is 18.7 Å². The summed E-state index contributed by atoms with van der Waals surface area (Å²) in [6.07, 6.45) is 12.8. The van der Waals surface area contributed by atoms with Crippen LogP contribution in [0.3, 0.4) is 0 Å². The lowest BCUT2D eigenvalue weighted by atomic mass is 9.68. The third-order valence-corrected chi connectivity index (χ3v) is 3.43. The fourth-order valence-electron chi connectivity index (χ4n) is 2.45. The van der Waals surface area contributed by atoms with Gasteiger partial charge in [-0.3, -0.25) is 0 Å². The molecule has 0 aromatic heterocycles. The Morgan fingerprint density at radius 2 is 2.08 bits per heavy atom. The second-order valence-corrected chi connectivity index (χ2v) is 4.21. The highest BCUT2D eigenvalue weighted by Gasteiger charge is 2.31. The van der Waals surface area contributed by atoms with Crippen LogP contribution in [0.5, 0.6) is 0 Å². The van der Waals surface area contributed by atoms with E-state index in [1.807, 2.05) is 0 Å². The summed E-state index contributed by atoms with van der Waals surface area (Å²) in [6.45, 7) is 4.19. The van der Waals surface area contributed by atoms with Crippen LogP contribution in [0.15, 0.2) is 24.3 Å². The van der Waals surface area contributed by atoms with Crippen molar-refractivity contribution in [2.45, 2.75) is 38.5 Å². The van der Waals surface area contributed by atoms with E-state index in [9.17, 15) is 0 Å². The summed E-state index contributed by atoms with van der Waals surface area (Å²) < 4.78 is 0. The molecule has 0 aliphatic heterocycles. The molecule has 0 radical (unpaired) electrons. The fourth-order valence-corrected chi connectivity index (χ4v) is 2.45. The Morgan fingerprint density at radius 1 is 1.17 bits per heavy atom. The lowest BCUT2D eigenvalue weighted by Crippen LogP contribution is -2.26. The van der Waals surface area contributed by atoms with Gasteiger partial charge in [-0.15, -0.1) is 0 Å². The molecule has 2 rings (SSSR count).